The van der Waals surface area contributed by atoms with E-state index in [2.05, 4.69) is 15.9 Å². The Hall–Kier alpha value is -0.830. The van der Waals surface area contributed by atoms with Crippen molar-refractivity contribution >= 4 is 21.9 Å². The number of carbonyl (C=O) groups is 1. The lowest BCUT2D eigenvalue weighted by atomic mass is 9.97. The third-order valence-electron chi connectivity index (χ3n) is 2.61. The van der Waals surface area contributed by atoms with Crippen molar-refractivity contribution in [3.8, 4) is 0 Å². The Morgan fingerprint density at radius 3 is 2.36 bits per heavy atom. The molecule has 0 radical (unpaired) electrons. The van der Waals surface area contributed by atoms with Gasteiger partial charge in [0.2, 0.25) is 0 Å². The molecule has 0 saturated carbocycles. The van der Waals surface area contributed by atoms with E-state index >= 15 is 0 Å². The van der Waals surface area contributed by atoms with Crippen LogP contribution >= 0.6 is 15.9 Å². The summed E-state index contributed by atoms with van der Waals surface area (Å²) >= 11 is 3.43. The minimum Gasteiger partial charge on any atom is -0.481 e. The van der Waals surface area contributed by atoms with E-state index in [0.29, 0.717) is 0 Å². The summed E-state index contributed by atoms with van der Waals surface area (Å²) < 4.78 is 0.983. The Morgan fingerprint density at radius 1 is 1.29 bits per heavy atom. The highest BCUT2D eigenvalue weighted by molar-refractivity contribution is 9.10. The predicted octanol–water partition coefficient (Wildman–Crippen LogP) is 3.00. The minimum atomic E-state index is -0.789. The number of rotatable bonds is 2. The van der Waals surface area contributed by atoms with E-state index in [4.69, 9.17) is 5.11 Å². The zero-order valence-electron chi connectivity index (χ0n) is 8.52. The first-order chi connectivity index (χ1) is 6.43. The molecule has 1 rings (SSSR count). The fraction of sp³-hybridized carbons (Fsp3) is 0.364. The van der Waals surface area contributed by atoms with Crippen LogP contribution in [0.25, 0.3) is 0 Å². The van der Waals surface area contributed by atoms with Crippen LogP contribution in [0.3, 0.4) is 0 Å². The van der Waals surface area contributed by atoms with Gasteiger partial charge in [-0.25, -0.2) is 0 Å². The Labute approximate surface area is 92.1 Å². The van der Waals surface area contributed by atoms with Gasteiger partial charge in [-0.2, -0.15) is 0 Å². The van der Waals surface area contributed by atoms with E-state index < -0.39 is 5.97 Å². The summed E-state index contributed by atoms with van der Waals surface area (Å²) in [5.74, 6) is -0.789. The van der Waals surface area contributed by atoms with E-state index in [1.807, 2.05) is 26.8 Å². The quantitative estimate of drug-likeness (QED) is 0.884. The number of benzene rings is 1. The Balaban J connectivity index is 3.25. The lowest BCUT2D eigenvalue weighted by Gasteiger charge is -2.11. The Kier molecular flexibility index (Phi) is 3.32. The van der Waals surface area contributed by atoms with Gasteiger partial charge in [0.15, 0.2) is 0 Å². The molecule has 0 amide bonds. The Morgan fingerprint density at radius 2 is 1.86 bits per heavy atom. The number of halogens is 1. The average molecular weight is 257 g/mol. The molecule has 2 nitrogen and oxygen atoms in total. The van der Waals surface area contributed by atoms with Gasteiger partial charge in [0.05, 0.1) is 6.42 Å². The van der Waals surface area contributed by atoms with Crippen LogP contribution in [0.1, 0.15) is 22.3 Å². The third kappa shape index (κ3) is 2.15. The molecule has 1 aromatic rings. The molecule has 1 aromatic carbocycles. The summed E-state index contributed by atoms with van der Waals surface area (Å²) in [6, 6.07) is 1.89. The summed E-state index contributed by atoms with van der Waals surface area (Å²) in [7, 11) is 0. The lowest BCUT2D eigenvalue weighted by Crippen LogP contribution is -2.04. The maximum Gasteiger partial charge on any atom is 0.307 e. The number of carboxylic acid groups (broad SMARTS) is 1. The molecule has 0 aliphatic heterocycles. The van der Waals surface area contributed by atoms with Crippen LogP contribution < -0.4 is 0 Å². The van der Waals surface area contributed by atoms with E-state index in [9.17, 15) is 4.79 Å². The molecule has 14 heavy (non-hydrogen) atoms. The SMILES string of the molecule is Cc1c(Br)cc(CC(=O)O)c(C)c1C. The predicted molar refractivity (Wildman–Crippen MR) is 59.7 cm³/mol. The summed E-state index contributed by atoms with van der Waals surface area (Å²) in [5, 5.41) is 8.73. The van der Waals surface area contributed by atoms with Crippen molar-refractivity contribution in [1.82, 2.24) is 0 Å². The van der Waals surface area contributed by atoms with Crippen LogP contribution in [0.15, 0.2) is 10.5 Å². The maximum absolute atomic E-state index is 10.6. The first kappa shape index (κ1) is 11.2. The van der Waals surface area contributed by atoms with Crippen molar-refractivity contribution in [3.63, 3.8) is 0 Å². The number of hydrogen-bond donors (Lipinski definition) is 1. The molecule has 0 aromatic heterocycles. The second-order valence-electron chi connectivity index (χ2n) is 3.46. The smallest absolute Gasteiger partial charge is 0.307 e. The number of carboxylic acids is 1. The van der Waals surface area contributed by atoms with Crippen LogP contribution in [-0.2, 0) is 11.2 Å². The highest BCUT2D eigenvalue weighted by Gasteiger charge is 2.10. The van der Waals surface area contributed by atoms with Gasteiger partial charge >= 0.3 is 5.97 Å². The lowest BCUT2D eigenvalue weighted by molar-refractivity contribution is -0.136. The van der Waals surface area contributed by atoms with Gasteiger partial charge in [0, 0.05) is 4.47 Å². The molecular formula is C11H13BrO2. The maximum atomic E-state index is 10.6. The van der Waals surface area contributed by atoms with Crippen LogP contribution in [0.4, 0.5) is 0 Å². The third-order valence-corrected chi connectivity index (χ3v) is 3.43. The molecule has 0 atom stereocenters. The second kappa shape index (κ2) is 4.13. The van der Waals surface area contributed by atoms with Crippen LogP contribution in [0.5, 0.6) is 0 Å². The zero-order chi connectivity index (χ0) is 10.9. The van der Waals surface area contributed by atoms with Crippen LogP contribution in [-0.4, -0.2) is 11.1 Å². The van der Waals surface area contributed by atoms with Gasteiger partial charge < -0.3 is 5.11 Å². The van der Waals surface area contributed by atoms with E-state index in [1.54, 1.807) is 0 Å². The van der Waals surface area contributed by atoms with Crippen molar-refractivity contribution in [2.24, 2.45) is 0 Å². The molecule has 0 fully saturated rings. The van der Waals surface area contributed by atoms with Crippen LogP contribution in [0.2, 0.25) is 0 Å². The first-order valence-corrected chi connectivity index (χ1v) is 5.19. The van der Waals surface area contributed by atoms with Crippen LogP contribution in [0, 0.1) is 20.8 Å². The van der Waals surface area contributed by atoms with E-state index in [1.165, 1.54) is 5.56 Å². The van der Waals surface area contributed by atoms with E-state index in [0.717, 1.165) is 21.2 Å². The normalized spacial score (nSPS) is 10.3. The van der Waals surface area contributed by atoms with Gasteiger partial charge in [0.25, 0.3) is 0 Å². The monoisotopic (exact) mass is 256 g/mol. The van der Waals surface area contributed by atoms with Gasteiger partial charge in [-0.05, 0) is 49.1 Å². The number of hydrogen-bond acceptors (Lipinski definition) is 1. The average Bonchev–Trinajstić information content (AvgIpc) is 2.10. The minimum absolute atomic E-state index is 0.0888. The molecule has 76 valence electrons. The highest BCUT2D eigenvalue weighted by atomic mass is 79.9. The molecule has 1 N–H and O–H groups in total. The van der Waals surface area contributed by atoms with Crippen molar-refractivity contribution in [2.75, 3.05) is 0 Å². The summed E-state index contributed by atoms with van der Waals surface area (Å²) in [5.41, 5.74) is 4.30. The molecule has 0 heterocycles. The molecule has 0 aliphatic carbocycles. The van der Waals surface area contributed by atoms with Crippen molar-refractivity contribution in [3.05, 3.63) is 32.8 Å². The molecule has 0 bridgehead atoms. The van der Waals surface area contributed by atoms with Gasteiger partial charge in [-0.15, -0.1) is 0 Å². The van der Waals surface area contributed by atoms with Gasteiger partial charge in [-0.3, -0.25) is 4.79 Å². The van der Waals surface area contributed by atoms with Gasteiger partial charge in [-0.1, -0.05) is 15.9 Å². The standard InChI is InChI=1S/C11H13BrO2/c1-6-7(2)9(5-11(13)14)4-10(12)8(6)3/h4H,5H2,1-3H3,(H,13,14). The fourth-order valence-corrected chi connectivity index (χ4v) is 1.99. The van der Waals surface area contributed by atoms with Crippen molar-refractivity contribution in [1.29, 1.82) is 0 Å². The topological polar surface area (TPSA) is 37.3 Å². The van der Waals surface area contributed by atoms with Crippen molar-refractivity contribution < 1.29 is 9.90 Å². The highest BCUT2D eigenvalue weighted by Crippen LogP contribution is 2.25. The second-order valence-corrected chi connectivity index (χ2v) is 4.32. The van der Waals surface area contributed by atoms with E-state index in [-0.39, 0.29) is 6.42 Å². The van der Waals surface area contributed by atoms with Crippen molar-refractivity contribution in [2.45, 2.75) is 27.2 Å². The Bertz CT molecular complexity index is 383. The molecule has 0 unspecified atom stereocenters. The zero-order valence-corrected chi connectivity index (χ0v) is 10.1. The summed E-state index contributed by atoms with van der Waals surface area (Å²) in [6.07, 6.45) is 0.0888. The summed E-state index contributed by atoms with van der Waals surface area (Å²) in [4.78, 5) is 10.6. The number of aliphatic carboxylic acids is 1. The fourth-order valence-electron chi connectivity index (χ4n) is 1.42. The summed E-state index contributed by atoms with van der Waals surface area (Å²) in [6.45, 7) is 6.00. The molecule has 0 aliphatic rings. The molecule has 0 saturated heterocycles. The molecule has 0 spiro atoms. The molecule has 3 heteroatoms. The largest absolute Gasteiger partial charge is 0.481 e. The first-order valence-electron chi connectivity index (χ1n) is 4.40. The van der Waals surface area contributed by atoms with Gasteiger partial charge in [0.1, 0.15) is 0 Å². The molecular weight excluding hydrogens is 244 g/mol.